The third-order valence-electron chi connectivity index (χ3n) is 5.33. The minimum absolute atomic E-state index is 0.0220. The summed E-state index contributed by atoms with van der Waals surface area (Å²) in [7, 11) is 0. The monoisotopic (exact) mass is 423 g/mol. The molecule has 0 bridgehead atoms. The first kappa shape index (κ1) is 22.6. The average molecular weight is 424 g/mol. The number of hydrogen-bond donors (Lipinski definition) is 4. The standard InChI is InChI=1S/C25H29NO5/c27-16-20(28)17-31-24-13-12-21(22-10-4-5-11-23(22)24)19(9-6-14-26-25(29)30)15-18-7-2-1-3-8-18/h1-5,7-8,10-13,19-20,26-28H,6,9,14-17H2,(H,29,30). The van der Waals surface area contributed by atoms with Crippen LogP contribution >= 0.6 is 0 Å². The van der Waals surface area contributed by atoms with Crippen LogP contribution in [-0.2, 0) is 6.42 Å². The van der Waals surface area contributed by atoms with E-state index in [-0.39, 0.29) is 19.1 Å². The molecule has 0 saturated heterocycles. The van der Waals surface area contributed by atoms with Crippen molar-refractivity contribution in [3.8, 4) is 5.75 Å². The van der Waals surface area contributed by atoms with E-state index in [1.807, 2.05) is 42.5 Å². The Bertz CT molecular complexity index is 976. The van der Waals surface area contributed by atoms with Crippen LogP contribution in [0.15, 0.2) is 66.7 Å². The third kappa shape index (κ3) is 6.44. The van der Waals surface area contributed by atoms with E-state index in [9.17, 15) is 9.90 Å². The van der Waals surface area contributed by atoms with Crippen LogP contribution in [-0.4, -0.2) is 47.3 Å². The highest BCUT2D eigenvalue weighted by atomic mass is 16.5. The topological polar surface area (TPSA) is 99.0 Å². The number of amides is 1. The Morgan fingerprint density at radius 3 is 2.39 bits per heavy atom. The van der Waals surface area contributed by atoms with Gasteiger partial charge < -0.3 is 25.4 Å². The second-order valence-electron chi connectivity index (χ2n) is 7.61. The van der Waals surface area contributed by atoms with Gasteiger partial charge in [0.25, 0.3) is 0 Å². The number of rotatable bonds is 11. The maximum atomic E-state index is 10.8. The molecule has 0 radical (unpaired) electrons. The molecule has 164 valence electrons. The zero-order chi connectivity index (χ0) is 22.1. The van der Waals surface area contributed by atoms with E-state index in [0.717, 1.165) is 30.0 Å². The molecule has 2 unspecified atom stereocenters. The number of ether oxygens (including phenoxy) is 1. The van der Waals surface area contributed by atoms with Gasteiger partial charge in [-0.15, -0.1) is 0 Å². The maximum Gasteiger partial charge on any atom is 0.404 e. The minimum Gasteiger partial charge on any atom is -0.490 e. The molecule has 0 aliphatic rings. The largest absolute Gasteiger partial charge is 0.490 e. The zero-order valence-electron chi connectivity index (χ0n) is 17.4. The van der Waals surface area contributed by atoms with E-state index in [1.54, 1.807) is 0 Å². The van der Waals surface area contributed by atoms with Crippen molar-refractivity contribution in [2.45, 2.75) is 31.3 Å². The van der Waals surface area contributed by atoms with Gasteiger partial charge in [0.1, 0.15) is 18.5 Å². The Morgan fingerprint density at radius 2 is 1.68 bits per heavy atom. The molecule has 1 amide bonds. The summed E-state index contributed by atoms with van der Waals surface area (Å²) in [6.45, 7) is 0.0898. The number of hydrogen-bond acceptors (Lipinski definition) is 4. The molecule has 0 aromatic heterocycles. The lowest BCUT2D eigenvalue weighted by atomic mass is 9.85. The van der Waals surface area contributed by atoms with E-state index in [1.165, 1.54) is 11.1 Å². The summed E-state index contributed by atoms with van der Waals surface area (Å²) in [6, 6.07) is 22.2. The van der Waals surface area contributed by atoms with Gasteiger partial charge in [0.2, 0.25) is 0 Å². The van der Waals surface area contributed by atoms with Crippen LogP contribution in [0.4, 0.5) is 4.79 Å². The first-order valence-electron chi connectivity index (χ1n) is 10.5. The van der Waals surface area contributed by atoms with Gasteiger partial charge in [-0.2, -0.15) is 0 Å². The van der Waals surface area contributed by atoms with Crippen LogP contribution in [0.2, 0.25) is 0 Å². The Morgan fingerprint density at radius 1 is 0.968 bits per heavy atom. The molecule has 0 aliphatic carbocycles. The minimum atomic E-state index is -1.00. The van der Waals surface area contributed by atoms with Crippen molar-refractivity contribution in [1.82, 2.24) is 5.32 Å². The third-order valence-corrected chi connectivity index (χ3v) is 5.33. The van der Waals surface area contributed by atoms with E-state index in [2.05, 4.69) is 29.6 Å². The first-order valence-corrected chi connectivity index (χ1v) is 10.5. The molecular formula is C25H29NO5. The Hall–Kier alpha value is -3.09. The van der Waals surface area contributed by atoms with Gasteiger partial charge in [-0.3, -0.25) is 0 Å². The summed E-state index contributed by atoms with van der Waals surface area (Å²) in [4.78, 5) is 10.8. The van der Waals surface area contributed by atoms with Crippen LogP contribution in [0, 0.1) is 0 Å². The van der Waals surface area contributed by atoms with Gasteiger partial charge in [-0.1, -0.05) is 60.7 Å². The summed E-state index contributed by atoms with van der Waals surface area (Å²) >= 11 is 0. The van der Waals surface area contributed by atoms with Crippen LogP contribution in [0.1, 0.15) is 29.9 Å². The number of nitrogens with one attached hydrogen (secondary N) is 1. The summed E-state index contributed by atoms with van der Waals surface area (Å²) in [5.41, 5.74) is 2.42. The van der Waals surface area contributed by atoms with Crippen molar-refractivity contribution in [1.29, 1.82) is 0 Å². The fraction of sp³-hybridized carbons (Fsp3) is 0.320. The van der Waals surface area contributed by atoms with Crippen molar-refractivity contribution < 1.29 is 24.9 Å². The van der Waals surface area contributed by atoms with Gasteiger partial charge in [-0.05, 0) is 47.8 Å². The summed E-state index contributed by atoms with van der Waals surface area (Å²) in [5, 5.41) is 32.0. The lowest BCUT2D eigenvalue weighted by molar-refractivity contribution is 0.0541. The predicted octanol–water partition coefficient (Wildman–Crippen LogP) is 3.95. The fourth-order valence-corrected chi connectivity index (χ4v) is 3.83. The average Bonchev–Trinajstić information content (AvgIpc) is 2.79. The summed E-state index contributed by atoms with van der Waals surface area (Å²) in [6.07, 6.45) is 0.492. The lowest BCUT2D eigenvalue weighted by Gasteiger charge is -2.21. The van der Waals surface area contributed by atoms with Crippen LogP contribution in [0.5, 0.6) is 5.75 Å². The van der Waals surface area contributed by atoms with E-state index in [4.69, 9.17) is 14.9 Å². The predicted molar refractivity (Wildman–Crippen MR) is 121 cm³/mol. The fourth-order valence-electron chi connectivity index (χ4n) is 3.83. The first-order chi connectivity index (χ1) is 15.1. The van der Waals surface area contributed by atoms with E-state index < -0.39 is 12.2 Å². The molecule has 0 saturated carbocycles. The molecule has 2 atom stereocenters. The van der Waals surface area contributed by atoms with Crippen LogP contribution in [0.3, 0.4) is 0 Å². The molecular weight excluding hydrogens is 394 g/mol. The summed E-state index contributed by atoms with van der Waals surface area (Å²) in [5.74, 6) is 0.873. The molecule has 0 fully saturated rings. The Balaban J connectivity index is 1.89. The Labute approximate surface area is 182 Å². The highest BCUT2D eigenvalue weighted by Crippen LogP contribution is 2.36. The molecule has 3 aromatic rings. The molecule has 6 heteroatoms. The van der Waals surface area contributed by atoms with Crippen molar-refractivity contribution in [3.63, 3.8) is 0 Å². The van der Waals surface area contributed by atoms with Gasteiger partial charge in [0.05, 0.1) is 6.61 Å². The molecule has 3 aromatic carbocycles. The van der Waals surface area contributed by atoms with Crippen molar-refractivity contribution >= 4 is 16.9 Å². The van der Waals surface area contributed by atoms with Crippen molar-refractivity contribution in [2.24, 2.45) is 0 Å². The molecule has 31 heavy (non-hydrogen) atoms. The number of aliphatic hydroxyl groups excluding tert-OH is 2. The SMILES string of the molecule is O=C(O)NCCCC(Cc1ccccc1)c1ccc(OCC(O)CO)c2ccccc12. The van der Waals surface area contributed by atoms with Gasteiger partial charge in [0, 0.05) is 11.9 Å². The normalized spacial score (nSPS) is 13.0. The number of fused-ring (bicyclic) bond motifs is 1. The zero-order valence-corrected chi connectivity index (χ0v) is 17.4. The van der Waals surface area contributed by atoms with Crippen molar-refractivity contribution in [3.05, 3.63) is 77.9 Å². The molecule has 0 aliphatic heterocycles. The molecule has 6 nitrogen and oxygen atoms in total. The van der Waals surface area contributed by atoms with Crippen molar-refractivity contribution in [2.75, 3.05) is 19.8 Å². The number of carbonyl (C=O) groups is 1. The van der Waals surface area contributed by atoms with Gasteiger partial charge in [0.15, 0.2) is 0 Å². The summed E-state index contributed by atoms with van der Waals surface area (Å²) < 4.78 is 5.76. The second-order valence-corrected chi connectivity index (χ2v) is 7.61. The van der Waals surface area contributed by atoms with E-state index >= 15 is 0 Å². The maximum absolute atomic E-state index is 10.8. The highest BCUT2D eigenvalue weighted by molar-refractivity contribution is 5.91. The van der Waals surface area contributed by atoms with E-state index in [0.29, 0.717) is 12.3 Å². The quantitative estimate of drug-likeness (QED) is 0.350. The lowest BCUT2D eigenvalue weighted by Crippen LogP contribution is -2.22. The molecule has 4 N–H and O–H groups in total. The van der Waals surface area contributed by atoms with Gasteiger partial charge in [-0.25, -0.2) is 4.79 Å². The van der Waals surface area contributed by atoms with Crippen LogP contribution < -0.4 is 10.1 Å². The smallest absolute Gasteiger partial charge is 0.404 e. The molecule has 3 rings (SSSR count). The highest BCUT2D eigenvalue weighted by Gasteiger charge is 2.17. The van der Waals surface area contributed by atoms with Crippen LogP contribution in [0.25, 0.3) is 10.8 Å². The number of aliphatic hydroxyl groups is 2. The molecule has 0 spiro atoms. The molecule has 0 heterocycles. The number of benzene rings is 3. The van der Waals surface area contributed by atoms with Gasteiger partial charge >= 0.3 is 6.09 Å². The Kier molecular flexibility index (Phi) is 8.27. The number of carboxylic acid groups (broad SMARTS) is 1. The second kappa shape index (κ2) is 11.3.